The van der Waals surface area contributed by atoms with Crippen LogP contribution in [0.5, 0.6) is 0 Å². The highest BCUT2D eigenvalue weighted by molar-refractivity contribution is 9.10. The van der Waals surface area contributed by atoms with Crippen LogP contribution in [0.25, 0.3) is 0 Å². The zero-order valence-electron chi connectivity index (χ0n) is 12.4. The van der Waals surface area contributed by atoms with E-state index in [1.807, 2.05) is 32.0 Å². The van der Waals surface area contributed by atoms with Crippen molar-refractivity contribution in [1.82, 2.24) is 9.21 Å². The molecule has 1 rings (SSSR count). The van der Waals surface area contributed by atoms with E-state index in [-0.39, 0.29) is 4.90 Å². The first-order valence-electron chi connectivity index (χ1n) is 6.30. The van der Waals surface area contributed by atoms with Crippen LogP contribution in [-0.4, -0.2) is 51.9 Å². The Morgan fingerprint density at radius 2 is 1.80 bits per heavy atom. The van der Waals surface area contributed by atoms with Crippen molar-refractivity contribution in [3.05, 3.63) is 27.7 Å². The second-order valence-corrected chi connectivity index (χ2v) is 7.87. The van der Waals surface area contributed by atoms with Crippen LogP contribution in [0.3, 0.4) is 0 Å². The molecule has 0 fully saturated rings. The third kappa shape index (κ3) is 4.02. The minimum atomic E-state index is -3.52. The van der Waals surface area contributed by atoms with Gasteiger partial charge < -0.3 is 10.6 Å². The molecule has 5 nitrogen and oxygen atoms in total. The topological polar surface area (TPSA) is 66.6 Å². The van der Waals surface area contributed by atoms with E-state index in [0.29, 0.717) is 24.1 Å². The molecule has 2 N–H and O–H groups in total. The van der Waals surface area contributed by atoms with Crippen LogP contribution in [0.1, 0.15) is 11.1 Å². The number of aryl methyl sites for hydroxylation is 1. The van der Waals surface area contributed by atoms with Gasteiger partial charge in [0.05, 0.1) is 4.90 Å². The number of hydrogen-bond donors (Lipinski definition) is 1. The standard InChI is InChI=1S/C13H22BrN3O2S/c1-10-7-11(9-15)8-12(13(10)14)20(18,19)17(4)6-5-16(2)3/h7-8H,5-6,9,15H2,1-4H3. The van der Waals surface area contributed by atoms with Crippen LogP contribution in [0.4, 0.5) is 0 Å². The van der Waals surface area contributed by atoms with Gasteiger partial charge in [0, 0.05) is 31.2 Å². The van der Waals surface area contributed by atoms with Gasteiger partial charge in [-0.3, -0.25) is 0 Å². The number of sulfonamides is 1. The summed E-state index contributed by atoms with van der Waals surface area (Å²) in [5, 5.41) is 0. The fourth-order valence-corrected chi connectivity index (χ4v) is 3.93. The molecule has 0 saturated heterocycles. The molecule has 0 atom stereocenters. The van der Waals surface area contributed by atoms with Gasteiger partial charge in [-0.05, 0) is 54.1 Å². The summed E-state index contributed by atoms with van der Waals surface area (Å²) in [4.78, 5) is 2.22. The van der Waals surface area contributed by atoms with Crippen LogP contribution in [0.15, 0.2) is 21.5 Å². The Kier molecular flexibility index (Phi) is 6.15. The molecule has 0 radical (unpaired) electrons. The van der Waals surface area contributed by atoms with Crippen LogP contribution in [0, 0.1) is 6.92 Å². The second-order valence-electron chi connectivity index (χ2n) is 5.06. The highest BCUT2D eigenvalue weighted by Crippen LogP contribution is 2.29. The molecule has 0 bridgehead atoms. The van der Waals surface area contributed by atoms with E-state index >= 15 is 0 Å². The van der Waals surface area contributed by atoms with Crippen molar-refractivity contribution >= 4 is 26.0 Å². The molecule has 0 amide bonds. The summed E-state index contributed by atoms with van der Waals surface area (Å²) < 4.78 is 27.2. The summed E-state index contributed by atoms with van der Waals surface area (Å²) in [5.74, 6) is 0. The Labute approximate surface area is 129 Å². The van der Waals surface area contributed by atoms with Gasteiger partial charge in [0.25, 0.3) is 0 Å². The number of nitrogens with zero attached hydrogens (tertiary/aromatic N) is 2. The van der Waals surface area contributed by atoms with Crippen LogP contribution in [-0.2, 0) is 16.6 Å². The van der Waals surface area contributed by atoms with Crippen molar-refractivity contribution in [2.75, 3.05) is 34.2 Å². The average Bonchev–Trinajstić information content (AvgIpc) is 2.38. The van der Waals surface area contributed by atoms with Crippen molar-refractivity contribution in [1.29, 1.82) is 0 Å². The van der Waals surface area contributed by atoms with Gasteiger partial charge in [-0.15, -0.1) is 0 Å². The number of likely N-dealkylation sites (N-methyl/N-ethyl adjacent to an activating group) is 2. The first-order valence-corrected chi connectivity index (χ1v) is 8.53. The average molecular weight is 364 g/mol. The zero-order valence-corrected chi connectivity index (χ0v) is 14.8. The summed E-state index contributed by atoms with van der Waals surface area (Å²) in [6.45, 7) is 3.29. The summed E-state index contributed by atoms with van der Waals surface area (Å²) in [6, 6.07) is 3.53. The Bertz CT molecular complexity index is 573. The lowest BCUT2D eigenvalue weighted by Gasteiger charge is -2.21. The molecule has 0 saturated carbocycles. The number of benzene rings is 1. The largest absolute Gasteiger partial charge is 0.326 e. The number of halogens is 1. The van der Waals surface area contributed by atoms with E-state index < -0.39 is 10.0 Å². The molecule has 7 heteroatoms. The Morgan fingerprint density at radius 1 is 1.20 bits per heavy atom. The third-order valence-electron chi connectivity index (χ3n) is 3.07. The summed E-state index contributed by atoms with van der Waals surface area (Å²) in [5.41, 5.74) is 7.30. The molecular weight excluding hydrogens is 342 g/mol. The zero-order chi connectivity index (χ0) is 15.5. The van der Waals surface area contributed by atoms with E-state index in [1.54, 1.807) is 13.1 Å². The van der Waals surface area contributed by atoms with Gasteiger partial charge in [0.15, 0.2) is 0 Å². The van der Waals surface area contributed by atoms with Crippen LogP contribution >= 0.6 is 15.9 Å². The maximum absolute atomic E-state index is 12.6. The predicted octanol–water partition coefficient (Wildman–Crippen LogP) is 1.40. The van der Waals surface area contributed by atoms with Gasteiger partial charge in [-0.2, -0.15) is 4.31 Å². The highest BCUT2D eigenvalue weighted by atomic mass is 79.9. The van der Waals surface area contributed by atoms with Crippen LogP contribution in [0.2, 0.25) is 0 Å². The van der Waals surface area contributed by atoms with Crippen LogP contribution < -0.4 is 5.73 Å². The summed E-state index contributed by atoms with van der Waals surface area (Å²) in [7, 11) is 1.90. The fraction of sp³-hybridized carbons (Fsp3) is 0.538. The van der Waals surface area contributed by atoms with E-state index in [9.17, 15) is 8.42 Å². The molecular formula is C13H22BrN3O2S. The molecule has 0 aliphatic carbocycles. The minimum absolute atomic E-state index is 0.277. The monoisotopic (exact) mass is 363 g/mol. The number of hydrogen-bond acceptors (Lipinski definition) is 4. The third-order valence-corrected chi connectivity index (χ3v) is 6.26. The summed E-state index contributed by atoms with van der Waals surface area (Å²) in [6.07, 6.45) is 0. The smallest absolute Gasteiger partial charge is 0.244 e. The molecule has 1 aromatic carbocycles. The molecule has 0 heterocycles. The lowest BCUT2D eigenvalue weighted by Crippen LogP contribution is -2.33. The van der Waals surface area contributed by atoms with E-state index in [2.05, 4.69) is 15.9 Å². The molecule has 0 spiro atoms. The van der Waals surface area contributed by atoms with Gasteiger partial charge in [0.2, 0.25) is 10.0 Å². The fourth-order valence-electron chi connectivity index (χ4n) is 1.74. The van der Waals surface area contributed by atoms with Crippen molar-refractivity contribution in [2.45, 2.75) is 18.4 Å². The minimum Gasteiger partial charge on any atom is -0.326 e. The molecule has 0 aliphatic heterocycles. The van der Waals surface area contributed by atoms with Gasteiger partial charge in [-0.1, -0.05) is 6.07 Å². The van der Waals surface area contributed by atoms with Gasteiger partial charge in [0.1, 0.15) is 0 Å². The molecule has 20 heavy (non-hydrogen) atoms. The lowest BCUT2D eigenvalue weighted by molar-refractivity contribution is 0.358. The predicted molar refractivity (Wildman–Crippen MR) is 85.1 cm³/mol. The second kappa shape index (κ2) is 7.00. The SMILES string of the molecule is Cc1cc(CN)cc(S(=O)(=O)N(C)CCN(C)C)c1Br. The van der Waals surface area contributed by atoms with E-state index in [0.717, 1.165) is 11.1 Å². The maximum Gasteiger partial charge on any atom is 0.244 e. The van der Waals surface area contributed by atoms with E-state index in [4.69, 9.17) is 5.73 Å². The van der Waals surface area contributed by atoms with Crippen molar-refractivity contribution < 1.29 is 8.42 Å². The first kappa shape index (κ1) is 17.6. The maximum atomic E-state index is 12.6. The normalized spacial score (nSPS) is 12.4. The van der Waals surface area contributed by atoms with Crippen molar-refractivity contribution in [2.24, 2.45) is 5.73 Å². The summed E-state index contributed by atoms with van der Waals surface area (Å²) >= 11 is 3.37. The Morgan fingerprint density at radius 3 is 2.30 bits per heavy atom. The lowest BCUT2D eigenvalue weighted by atomic mass is 10.1. The molecule has 0 aliphatic rings. The quantitative estimate of drug-likeness (QED) is 0.829. The molecule has 114 valence electrons. The van der Waals surface area contributed by atoms with E-state index in [1.165, 1.54) is 4.31 Å². The first-order chi connectivity index (χ1) is 9.20. The molecule has 0 aromatic heterocycles. The Balaban J connectivity index is 3.18. The highest BCUT2D eigenvalue weighted by Gasteiger charge is 2.24. The molecule has 0 unspecified atom stereocenters. The number of rotatable bonds is 6. The van der Waals surface area contributed by atoms with Crippen molar-refractivity contribution in [3.8, 4) is 0 Å². The Hall–Kier alpha value is -0.470. The number of nitrogens with two attached hydrogens (primary N) is 1. The van der Waals surface area contributed by atoms with Crippen molar-refractivity contribution in [3.63, 3.8) is 0 Å². The molecule has 1 aromatic rings. The van der Waals surface area contributed by atoms with Gasteiger partial charge in [-0.25, -0.2) is 8.42 Å². The van der Waals surface area contributed by atoms with Gasteiger partial charge >= 0.3 is 0 Å².